The summed E-state index contributed by atoms with van der Waals surface area (Å²) in [5.41, 5.74) is 0.0588. The molecule has 10 heteroatoms. The molecule has 5 heterocycles. The summed E-state index contributed by atoms with van der Waals surface area (Å²) >= 11 is 1.49. The van der Waals surface area contributed by atoms with Crippen LogP contribution in [0.3, 0.4) is 0 Å². The minimum atomic E-state index is -1.10. The van der Waals surface area contributed by atoms with Gasteiger partial charge in [-0.05, 0) is 51.6 Å². The van der Waals surface area contributed by atoms with Gasteiger partial charge in [0.25, 0.3) is 0 Å². The predicted octanol–water partition coefficient (Wildman–Crippen LogP) is 0.548. The first-order valence-electron chi connectivity index (χ1n) is 12.7. The average Bonchev–Trinajstić information content (AvgIpc) is 3.57. The molecule has 9 nitrogen and oxygen atoms in total. The summed E-state index contributed by atoms with van der Waals surface area (Å²) in [6.07, 6.45) is 3.48. The van der Waals surface area contributed by atoms with Crippen LogP contribution in [0.25, 0.3) is 0 Å². The second-order valence-electron chi connectivity index (χ2n) is 10.7. The number of aliphatic hydroxyl groups is 1. The van der Waals surface area contributed by atoms with Gasteiger partial charge in [0.1, 0.15) is 5.70 Å². The molecule has 0 aromatic carbocycles. The highest BCUT2D eigenvalue weighted by Crippen LogP contribution is 2.51. The van der Waals surface area contributed by atoms with Crippen molar-refractivity contribution in [2.24, 2.45) is 17.8 Å². The summed E-state index contributed by atoms with van der Waals surface area (Å²) in [5.74, 6) is -1.40. The third-order valence-corrected chi connectivity index (χ3v) is 9.82. The molecular formula is C24H36N4O5S. The lowest BCUT2D eigenvalue weighted by Crippen LogP contribution is -2.63. The summed E-state index contributed by atoms with van der Waals surface area (Å²) in [7, 11) is 0. The van der Waals surface area contributed by atoms with E-state index in [-0.39, 0.29) is 40.8 Å². The van der Waals surface area contributed by atoms with Crippen molar-refractivity contribution in [3.8, 4) is 0 Å². The Balaban J connectivity index is 1.19. The largest absolute Gasteiger partial charge is 0.477 e. The van der Waals surface area contributed by atoms with Gasteiger partial charge in [-0.15, -0.1) is 11.8 Å². The minimum Gasteiger partial charge on any atom is -0.477 e. The molecule has 0 aliphatic carbocycles. The van der Waals surface area contributed by atoms with Crippen LogP contribution >= 0.6 is 11.8 Å². The van der Waals surface area contributed by atoms with E-state index in [0.29, 0.717) is 23.8 Å². The molecule has 4 fully saturated rings. The molecule has 5 aliphatic rings. The first-order valence-corrected chi connectivity index (χ1v) is 13.5. The Morgan fingerprint density at radius 1 is 1.24 bits per heavy atom. The Kier molecular flexibility index (Phi) is 6.69. The Morgan fingerprint density at radius 3 is 2.65 bits per heavy atom. The van der Waals surface area contributed by atoms with Crippen molar-refractivity contribution in [1.29, 1.82) is 0 Å². The van der Waals surface area contributed by atoms with Crippen LogP contribution in [-0.4, -0.2) is 105 Å². The topological polar surface area (TPSA) is 113 Å². The molecule has 7 atom stereocenters. The van der Waals surface area contributed by atoms with Crippen LogP contribution in [0, 0.1) is 17.8 Å². The van der Waals surface area contributed by atoms with Gasteiger partial charge in [-0.1, -0.05) is 6.92 Å². The lowest BCUT2D eigenvalue weighted by atomic mass is 9.79. The van der Waals surface area contributed by atoms with Gasteiger partial charge in [-0.2, -0.15) is 0 Å². The number of amides is 2. The van der Waals surface area contributed by atoms with Crippen molar-refractivity contribution < 1.29 is 24.6 Å². The number of nitrogens with zero attached hydrogens (tertiary/aromatic N) is 3. The van der Waals surface area contributed by atoms with E-state index in [2.05, 4.69) is 10.2 Å². The number of carbonyl (C=O) groups is 3. The smallest absolute Gasteiger partial charge is 0.353 e. The molecule has 5 aliphatic heterocycles. The number of fused-ring (bicyclic) bond motifs is 1. The Morgan fingerprint density at radius 2 is 1.97 bits per heavy atom. The number of aliphatic carboxylic acids is 1. The van der Waals surface area contributed by atoms with Gasteiger partial charge in [-0.3, -0.25) is 9.59 Å². The second kappa shape index (κ2) is 9.44. The van der Waals surface area contributed by atoms with Crippen LogP contribution in [0.2, 0.25) is 0 Å². The summed E-state index contributed by atoms with van der Waals surface area (Å²) in [4.78, 5) is 44.3. The van der Waals surface area contributed by atoms with Gasteiger partial charge in [-0.25, -0.2) is 4.79 Å². The number of carbonyl (C=O) groups excluding carboxylic acids is 2. The molecule has 0 spiro atoms. The fourth-order valence-corrected chi connectivity index (χ4v) is 8.05. The van der Waals surface area contributed by atoms with Gasteiger partial charge in [0.15, 0.2) is 0 Å². The zero-order valence-corrected chi connectivity index (χ0v) is 20.8. The number of carboxylic acid groups (broad SMARTS) is 1. The molecule has 0 aromatic rings. The van der Waals surface area contributed by atoms with Gasteiger partial charge >= 0.3 is 5.97 Å². The third kappa shape index (κ3) is 4.16. The maximum absolute atomic E-state index is 13.2. The van der Waals surface area contributed by atoms with E-state index >= 15 is 0 Å². The fourth-order valence-electron chi connectivity index (χ4n) is 6.57. The second-order valence-corrected chi connectivity index (χ2v) is 12.0. The van der Waals surface area contributed by atoms with Crippen molar-refractivity contribution in [2.75, 3.05) is 39.3 Å². The summed E-state index contributed by atoms with van der Waals surface area (Å²) in [6.45, 7) is 9.26. The molecular weight excluding hydrogens is 456 g/mol. The highest BCUT2D eigenvalue weighted by atomic mass is 32.2. The van der Waals surface area contributed by atoms with Crippen LogP contribution in [-0.2, 0) is 14.4 Å². The normalized spacial score (nSPS) is 36.9. The van der Waals surface area contributed by atoms with E-state index < -0.39 is 18.0 Å². The number of thioether (sulfide) groups is 1. The number of carboxylic acids is 1. The van der Waals surface area contributed by atoms with E-state index in [4.69, 9.17) is 0 Å². The molecule has 0 radical (unpaired) electrons. The van der Waals surface area contributed by atoms with Gasteiger partial charge in [0, 0.05) is 42.3 Å². The van der Waals surface area contributed by atoms with Crippen molar-refractivity contribution in [2.45, 2.75) is 63.0 Å². The van der Waals surface area contributed by atoms with Crippen LogP contribution in [0.15, 0.2) is 10.6 Å². The third-order valence-electron chi connectivity index (χ3n) is 8.31. The van der Waals surface area contributed by atoms with E-state index in [1.807, 2.05) is 11.8 Å². The molecule has 0 saturated carbocycles. The molecule has 0 unspecified atom stereocenters. The zero-order chi connectivity index (χ0) is 24.1. The van der Waals surface area contributed by atoms with Gasteiger partial charge in [0.2, 0.25) is 11.8 Å². The molecule has 188 valence electrons. The number of nitrogens with one attached hydrogen (secondary N) is 1. The number of hydrogen-bond donors (Lipinski definition) is 3. The molecule has 34 heavy (non-hydrogen) atoms. The SMILES string of the molecule is C[C@@H](O)[C@H]1C(=O)N2C(C(=O)O)=C(S[C@@H]3CN[C@H](C(=O)N4CC[C@H](CN5CCCC5)C4)C3)[C@H](C)[C@H]12. The number of rotatable bonds is 7. The molecule has 5 rings (SSSR count). The molecule has 3 N–H and O–H groups in total. The van der Waals surface area contributed by atoms with Crippen LogP contribution in [0.5, 0.6) is 0 Å². The van der Waals surface area contributed by atoms with Crippen molar-refractivity contribution in [1.82, 2.24) is 20.0 Å². The van der Waals surface area contributed by atoms with Crippen LogP contribution in [0.4, 0.5) is 0 Å². The standard InChI is InChI=1S/C24H36N4O5S/c1-13-19-18(14(2)29)23(31)28(19)20(24(32)33)21(13)34-16-9-17(25-10-16)22(30)27-8-5-15(12-27)11-26-6-3-4-7-26/h13-19,25,29H,3-12H2,1-2H3,(H,32,33)/t13-,14-,15-,16+,17+,18-,19-/m1/s1. The van der Waals surface area contributed by atoms with Crippen molar-refractivity contribution in [3.63, 3.8) is 0 Å². The van der Waals surface area contributed by atoms with Gasteiger partial charge < -0.3 is 30.2 Å². The first-order chi connectivity index (χ1) is 16.3. The molecule has 0 bridgehead atoms. The van der Waals surface area contributed by atoms with E-state index in [1.165, 1.54) is 42.6 Å². The number of likely N-dealkylation sites (tertiary alicyclic amines) is 2. The quantitative estimate of drug-likeness (QED) is 0.442. The minimum absolute atomic E-state index is 0.0588. The summed E-state index contributed by atoms with van der Waals surface area (Å²) in [5, 5.41) is 23.3. The van der Waals surface area contributed by atoms with Crippen LogP contribution in [0.1, 0.15) is 39.5 Å². The van der Waals surface area contributed by atoms with Crippen molar-refractivity contribution >= 4 is 29.5 Å². The molecule has 2 amide bonds. The van der Waals surface area contributed by atoms with E-state index in [1.54, 1.807) is 6.92 Å². The average molecular weight is 493 g/mol. The monoisotopic (exact) mass is 492 g/mol. The lowest BCUT2D eigenvalue weighted by molar-refractivity contribution is -0.163. The molecule has 0 aromatic heterocycles. The number of hydrogen-bond acceptors (Lipinski definition) is 7. The Bertz CT molecular complexity index is 889. The molecule has 4 saturated heterocycles. The fraction of sp³-hybridized carbons (Fsp3) is 0.792. The predicted molar refractivity (Wildman–Crippen MR) is 128 cm³/mol. The summed E-state index contributed by atoms with van der Waals surface area (Å²) < 4.78 is 0. The highest BCUT2D eigenvalue weighted by Gasteiger charge is 2.60. The van der Waals surface area contributed by atoms with E-state index in [0.717, 1.165) is 26.1 Å². The zero-order valence-electron chi connectivity index (χ0n) is 20.0. The number of β-lactam (4-membered cyclic amide) rings is 1. The maximum atomic E-state index is 13.2. The van der Waals surface area contributed by atoms with E-state index in [9.17, 15) is 24.6 Å². The Labute approximate surface area is 204 Å². The first kappa shape index (κ1) is 24.1. The maximum Gasteiger partial charge on any atom is 0.353 e. The van der Waals surface area contributed by atoms with Gasteiger partial charge in [0.05, 0.1) is 24.1 Å². The van der Waals surface area contributed by atoms with Crippen molar-refractivity contribution in [3.05, 3.63) is 10.6 Å². The number of aliphatic hydroxyl groups excluding tert-OH is 1. The Hall–Kier alpha value is -1.62. The highest BCUT2D eigenvalue weighted by molar-refractivity contribution is 8.03. The lowest BCUT2D eigenvalue weighted by Gasteiger charge is -2.46. The van der Waals surface area contributed by atoms with Crippen LogP contribution < -0.4 is 5.32 Å². The summed E-state index contributed by atoms with van der Waals surface area (Å²) in [6, 6.07) is -0.539.